The second-order valence-electron chi connectivity index (χ2n) is 11.5. The zero-order valence-electron chi connectivity index (χ0n) is 28.0. The number of ether oxygens (including phenoxy) is 5. The first kappa shape index (κ1) is 36.3. The first-order valence-corrected chi connectivity index (χ1v) is 16.9. The highest BCUT2D eigenvalue weighted by Gasteiger charge is 2.46. The van der Waals surface area contributed by atoms with Gasteiger partial charge in [-0.2, -0.15) is 0 Å². The van der Waals surface area contributed by atoms with Crippen LogP contribution in [0.15, 0.2) is 95.9 Å². The molecule has 0 saturated carbocycles. The van der Waals surface area contributed by atoms with Crippen molar-refractivity contribution in [2.24, 2.45) is 0 Å². The van der Waals surface area contributed by atoms with Crippen LogP contribution in [0, 0.1) is 0 Å². The molecule has 4 aromatic rings. The summed E-state index contributed by atoms with van der Waals surface area (Å²) in [6, 6.07) is 27.1. The first-order valence-electron chi connectivity index (χ1n) is 15.5. The number of methoxy groups -OCH3 is 4. The maximum atomic E-state index is 13.0. The molecule has 0 bridgehead atoms. The molecule has 1 aliphatic heterocycles. The fraction of sp³-hybridized carbons (Fsp3) is 0.324. The number of esters is 1. The number of hydrogen-bond donors (Lipinski definition) is 1. The summed E-state index contributed by atoms with van der Waals surface area (Å²) >= 11 is 0. The predicted octanol–water partition coefficient (Wildman–Crippen LogP) is 4.34. The van der Waals surface area contributed by atoms with Crippen molar-refractivity contribution in [3.63, 3.8) is 0 Å². The number of fused-ring (bicyclic) bond motifs is 1. The highest BCUT2D eigenvalue weighted by atomic mass is 32.2. The number of rotatable bonds is 12. The van der Waals surface area contributed by atoms with Gasteiger partial charge in [-0.15, -0.1) is 0 Å². The van der Waals surface area contributed by atoms with Crippen LogP contribution in [0.25, 0.3) is 0 Å². The van der Waals surface area contributed by atoms with Gasteiger partial charge in [0.25, 0.3) is 0 Å². The normalized spacial score (nSPS) is 16.8. The summed E-state index contributed by atoms with van der Waals surface area (Å²) < 4.78 is 58.8. The number of nitrogens with one attached hydrogen (secondary N) is 1. The third-order valence-corrected chi connectivity index (χ3v) is 9.55. The van der Waals surface area contributed by atoms with Crippen LogP contribution in [-0.2, 0) is 44.6 Å². The van der Waals surface area contributed by atoms with Gasteiger partial charge < -0.3 is 33.1 Å². The Morgan fingerprint density at radius 3 is 1.94 bits per heavy atom. The number of hydrogen-bond acceptors (Lipinski definition) is 9. The van der Waals surface area contributed by atoms with Crippen LogP contribution in [0.2, 0.25) is 0 Å². The zero-order valence-corrected chi connectivity index (χ0v) is 28.8. The summed E-state index contributed by atoms with van der Waals surface area (Å²) in [5.74, 6) is 2.56. The average molecular weight is 678 g/mol. The van der Waals surface area contributed by atoms with Crippen molar-refractivity contribution in [2.45, 2.75) is 42.7 Å². The van der Waals surface area contributed by atoms with E-state index in [1.807, 2.05) is 42.5 Å². The molecule has 0 aromatic heterocycles. The minimum atomic E-state index is -4.25. The Bertz CT molecular complexity index is 1760. The van der Waals surface area contributed by atoms with E-state index in [0.29, 0.717) is 42.3 Å². The molecule has 1 aliphatic rings. The largest absolute Gasteiger partial charge is 0.744 e. The van der Waals surface area contributed by atoms with Gasteiger partial charge in [0, 0.05) is 24.8 Å². The number of quaternary nitrogens is 1. The molecule has 10 nitrogen and oxygen atoms in total. The number of carbonyl (C=O) groups is 1. The van der Waals surface area contributed by atoms with Crippen LogP contribution >= 0.6 is 0 Å². The van der Waals surface area contributed by atoms with E-state index < -0.39 is 15.7 Å². The summed E-state index contributed by atoms with van der Waals surface area (Å²) in [6.07, 6.45) is 2.52. The second-order valence-corrected chi connectivity index (χ2v) is 12.9. The molecule has 2 unspecified atom stereocenters. The van der Waals surface area contributed by atoms with Crippen molar-refractivity contribution in [3.05, 3.63) is 113 Å². The minimum Gasteiger partial charge on any atom is -0.744 e. The molecule has 2 atom stereocenters. The molecule has 5 rings (SSSR count). The Balaban J connectivity index is 0.000000445. The number of carbonyl (C=O) groups excluding carboxylic acids is 1. The Hall–Kier alpha value is -4.58. The summed E-state index contributed by atoms with van der Waals surface area (Å²) in [5.41, 5.74) is 4.07. The van der Waals surface area contributed by atoms with Crippen molar-refractivity contribution < 1.29 is 46.3 Å². The van der Waals surface area contributed by atoms with Crippen LogP contribution in [0.4, 0.5) is 0 Å². The molecule has 4 aromatic carbocycles. The van der Waals surface area contributed by atoms with E-state index >= 15 is 0 Å². The quantitative estimate of drug-likeness (QED) is 0.172. The molecular formula is C37H43NO9S. The van der Waals surface area contributed by atoms with Gasteiger partial charge in [0.2, 0.25) is 0 Å². The molecule has 256 valence electrons. The lowest BCUT2D eigenvalue weighted by Gasteiger charge is -2.44. The van der Waals surface area contributed by atoms with Crippen molar-refractivity contribution in [1.29, 1.82) is 0 Å². The van der Waals surface area contributed by atoms with Crippen LogP contribution in [0.1, 0.15) is 35.1 Å². The van der Waals surface area contributed by atoms with Crippen molar-refractivity contribution in [1.82, 2.24) is 0 Å². The first-order chi connectivity index (χ1) is 23.0. The molecule has 1 heterocycles. The van der Waals surface area contributed by atoms with E-state index in [-0.39, 0.29) is 17.5 Å². The minimum absolute atomic E-state index is 0.185. The highest BCUT2D eigenvalue weighted by molar-refractivity contribution is 7.85. The SMILES string of the molecule is COc1ccc(CC2(CCC(=O)OCc3ccccc3)c3cc(OC)c(OC)cc3CC[NH+]2C)cc1OC.O=S(=O)([O-])c1ccccc1. The highest BCUT2D eigenvalue weighted by Crippen LogP contribution is 2.40. The zero-order chi connectivity index (χ0) is 34.7. The fourth-order valence-electron chi connectivity index (χ4n) is 6.10. The Morgan fingerprint density at radius 1 is 0.771 bits per heavy atom. The van der Waals surface area contributed by atoms with Crippen molar-refractivity contribution >= 4 is 16.1 Å². The van der Waals surface area contributed by atoms with Gasteiger partial charge in [-0.05, 0) is 53.1 Å². The average Bonchev–Trinajstić information content (AvgIpc) is 3.11. The summed E-state index contributed by atoms with van der Waals surface area (Å²) in [6.45, 7) is 1.20. The van der Waals surface area contributed by atoms with Gasteiger partial charge in [0.15, 0.2) is 23.0 Å². The Morgan fingerprint density at radius 2 is 1.35 bits per heavy atom. The topological polar surface area (TPSA) is 125 Å². The number of benzene rings is 4. The molecule has 0 saturated heterocycles. The van der Waals surface area contributed by atoms with Gasteiger partial charge in [-0.25, -0.2) is 8.42 Å². The smallest absolute Gasteiger partial charge is 0.306 e. The molecule has 0 amide bonds. The molecule has 48 heavy (non-hydrogen) atoms. The summed E-state index contributed by atoms with van der Waals surface area (Å²) in [5, 5.41) is 0. The van der Waals surface area contributed by atoms with Crippen LogP contribution in [0.3, 0.4) is 0 Å². The van der Waals surface area contributed by atoms with Gasteiger partial charge in [-0.1, -0.05) is 54.6 Å². The molecule has 1 N–H and O–H groups in total. The lowest BCUT2D eigenvalue weighted by molar-refractivity contribution is -0.946. The van der Waals surface area contributed by atoms with E-state index in [0.717, 1.165) is 24.1 Å². The maximum absolute atomic E-state index is 13.0. The molecule has 0 fully saturated rings. The Kier molecular flexibility index (Phi) is 12.5. The fourth-order valence-corrected chi connectivity index (χ4v) is 6.59. The van der Waals surface area contributed by atoms with E-state index in [2.05, 4.69) is 25.2 Å². The lowest BCUT2D eigenvalue weighted by atomic mass is 9.73. The van der Waals surface area contributed by atoms with E-state index in [1.54, 1.807) is 34.5 Å². The van der Waals surface area contributed by atoms with E-state index in [9.17, 15) is 17.8 Å². The van der Waals surface area contributed by atoms with Crippen molar-refractivity contribution in [3.8, 4) is 23.0 Å². The van der Waals surface area contributed by atoms with Gasteiger partial charge in [0.1, 0.15) is 22.3 Å². The molecule has 11 heteroatoms. The summed E-state index contributed by atoms with van der Waals surface area (Å²) in [7, 11) is 4.54. The third-order valence-electron chi connectivity index (χ3n) is 8.70. The molecule has 0 aliphatic carbocycles. The molecular weight excluding hydrogens is 634 g/mol. The second kappa shape index (κ2) is 16.5. The maximum Gasteiger partial charge on any atom is 0.306 e. The lowest BCUT2D eigenvalue weighted by Crippen LogP contribution is -3.17. The van der Waals surface area contributed by atoms with Gasteiger partial charge >= 0.3 is 5.97 Å². The summed E-state index contributed by atoms with van der Waals surface area (Å²) in [4.78, 5) is 14.1. The standard InChI is InChI=1S/C31H37NO6.C6H6O3S/c1-32-16-14-24-18-28(36-4)29(37-5)19-25(24)31(32,20-23-11-12-26(34-2)27(17-23)35-3)15-13-30(33)38-21-22-9-7-6-8-10-22;7-10(8,9)6-4-2-1-3-5-6/h6-12,17-19H,13-16,20-21H2,1-5H3;1-5H,(H,7,8,9). The van der Waals surface area contributed by atoms with E-state index in [1.165, 1.54) is 40.3 Å². The third kappa shape index (κ3) is 8.85. The van der Waals surface area contributed by atoms with E-state index in [4.69, 9.17) is 23.7 Å². The van der Waals surface area contributed by atoms with Crippen LogP contribution in [-0.4, -0.2) is 61.0 Å². The molecule has 0 radical (unpaired) electrons. The molecule has 0 spiro atoms. The monoisotopic (exact) mass is 677 g/mol. The predicted molar refractivity (Wildman–Crippen MR) is 180 cm³/mol. The van der Waals surface area contributed by atoms with Crippen LogP contribution < -0.4 is 23.8 Å². The Labute approximate surface area is 282 Å². The van der Waals surface area contributed by atoms with Crippen molar-refractivity contribution in [2.75, 3.05) is 42.0 Å². The van der Waals surface area contributed by atoms with Gasteiger partial charge in [-0.3, -0.25) is 4.79 Å². The van der Waals surface area contributed by atoms with Crippen LogP contribution in [0.5, 0.6) is 23.0 Å². The van der Waals surface area contributed by atoms with Gasteiger partial charge in [0.05, 0.1) is 53.3 Å². The number of likely N-dealkylation sites (N-methyl/N-ethyl adjacent to an activating group) is 1.